The number of methoxy groups -OCH3 is 1. The topological polar surface area (TPSA) is 77.2 Å². The van der Waals surface area contributed by atoms with Crippen molar-refractivity contribution in [2.75, 3.05) is 13.7 Å². The Kier molecular flexibility index (Phi) is 5.62. The Morgan fingerprint density at radius 2 is 2.03 bits per heavy atom. The number of hydrogen-bond acceptors (Lipinski definition) is 4. The highest BCUT2D eigenvalue weighted by molar-refractivity contribution is 5.85. The summed E-state index contributed by atoms with van der Waals surface area (Å²) >= 11 is 0. The Morgan fingerprint density at radius 3 is 2.88 bits per heavy atom. The number of hydrogen-bond donors (Lipinski definition) is 3. The van der Waals surface area contributed by atoms with E-state index < -0.39 is 0 Å². The zero-order chi connectivity index (χ0) is 22.1. The zero-order valence-corrected chi connectivity index (χ0v) is 18.7. The first-order valence-electron chi connectivity index (χ1n) is 11.4. The molecule has 0 bridgehead atoms. The molecule has 6 nitrogen and oxygen atoms in total. The van der Waals surface area contributed by atoms with Gasteiger partial charge in [-0.05, 0) is 30.5 Å². The molecule has 0 fully saturated rings. The van der Waals surface area contributed by atoms with Gasteiger partial charge in [-0.25, -0.2) is 4.98 Å². The lowest BCUT2D eigenvalue weighted by Crippen LogP contribution is -2.35. The lowest BCUT2D eigenvalue weighted by atomic mass is 9.91. The van der Waals surface area contributed by atoms with Gasteiger partial charge in [0.25, 0.3) is 0 Å². The van der Waals surface area contributed by atoms with E-state index in [4.69, 9.17) is 4.74 Å². The van der Waals surface area contributed by atoms with Gasteiger partial charge in [0.05, 0.1) is 13.2 Å². The molecule has 166 valence electrons. The van der Waals surface area contributed by atoms with Crippen molar-refractivity contribution < 1.29 is 9.84 Å². The Labute approximate surface area is 188 Å². The molecule has 32 heavy (non-hydrogen) atoms. The number of rotatable bonds is 7. The molecule has 6 heteroatoms. The molecule has 4 aromatic rings. The normalized spacial score (nSPS) is 16.4. The molecular formula is C26H30N4O2. The summed E-state index contributed by atoms with van der Waals surface area (Å²) in [7, 11) is 1.59. The van der Waals surface area contributed by atoms with Crippen LogP contribution in [0.25, 0.3) is 10.9 Å². The standard InChI is InChI=1S/C26H30N4O2/c1-3-4-12-23-27-15-17(28-23)16-30-14-13-19-18-8-5-6-10-21(18)29-24(19)25(30)20-9-7-11-22(32-2)26(20)31/h5-11,15,25,29,31H,3-4,12-14,16H2,1-2H3,(H,27,28). The average molecular weight is 431 g/mol. The minimum atomic E-state index is -0.108. The van der Waals surface area contributed by atoms with E-state index >= 15 is 0 Å². The molecule has 2 aromatic carbocycles. The summed E-state index contributed by atoms with van der Waals surface area (Å²) in [5, 5.41) is 12.3. The van der Waals surface area contributed by atoms with Crippen LogP contribution in [0, 0.1) is 0 Å². The molecule has 1 atom stereocenters. The number of phenols is 1. The molecule has 0 radical (unpaired) electrons. The van der Waals surface area contributed by atoms with Crippen LogP contribution >= 0.6 is 0 Å². The van der Waals surface area contributed by atoms with E-state index in [1.165, 1.54) is 10.9 Å². The summed E-state index contributed by atoms with van der Waals surface area (Å²) in [6, 6.07) is 14.1. The summed E-state index contributed by atoms with van der Waals surface area (Å²) in [5.74, 6) is 1.74. The van der Waals surface area contributed by atoms with E-state index in [2.05, 4.69) is 51.0 Å². The molecule has 3 heterocycles. The van der Waals surface area contributed by atoms with Crippen molar-refractivity contribution in [2.45, 2.75) is 45.2 Å². The van der Waals surface area contributed by atoms with Crippen molar-refractivity contribution in [1.29, 1.82) is 0 Å². The Balaban J connectivity index is 1.56. The first-order chi connectivity index (χ1) is 15.7. The maximum absolute atomic E-state index is 11.0. The molecule has 5 rings (SSSR count). The molecular weight excluding hydrogens is 400 g/mol. The van der Waals surface area contributed by atoms with E-state index in [1.807, 2.05) is 18.3 Å². The first-order valence-corrected chi connectivity index (χ1v) is 11.4. The monoisotopic (exact) mass is 430 g/mol. The quantitative estimate of drug-likeness (QED) is 0.381. The highest BCUT2D eigenvalue weighted by atomic mass is 16.5. The highest BCUT2D eigenvalue weighted by Crippen LogP contribution is 2.44. The fourth-order valence-electron chi connectivity index (χ4n) is 4.91. The van der Waals surface area contributed by atoms with Crippen molar-refractivity contribution in [1.82, 2.24) is 19.9 Å². The third kappa shape index (κ3) is 3.65. The maximum atomic E-state index is 11.0. The van der Waals surface area contributed by atoms with Gasteiger partial charge >= 0.3 is 0 Å². The predicted molar refractivity (Wildman–Crippen MR) is 126 cm³/mol. The molecule has 0 saturated heterocycles. The van der Waals surface area contributed by atoms with Crippen LogP contribution in [0.15, 0.2) is 48.7 Å². The summed E-state index contributed by atoms with van der Waals surface area (Å²) in [4.78, 5) is 14.2. The van der Waals surface area contributed by atoms with Crippen LogP contribution in [0.4, 0.5) is 0 Å². The maximum Gasteiger partial charge on any atom is 0.162 e. The molecule has 2 aromatic heterocycles. The second-order valence-corrected chi connectivity index (χ2v) is 8.54. The molecule has 1 aliphatic heterocycles. The minimum absolute atomic E-state index is 0.108. The van der Waals surface area contributed by atoms with E-state index in [-0.39, 0.29) is 11.8 Å². The zero-order valence-electron chi connectivity index (χ0n) is 18.7. The number of ether oxygens (including phenoxy) is 1. The van der Waals surface area contributed by atoms with Crippen LogP contribution in [0.2, 0.25) is 0 Å². The van der Waals surface area contributed by atoms with Gasteiger partial charge < -0.3 is 19.8 Å². The van der Waals surface area contributed by atoms with Gasteiger partial charge in [0, 0.05) is 53.6 Å². The summed E-state index contributed by atoms with van der Waals surface area (Å²) < 4.78 is 5.42. The van der Waals surface area contributed by atoms with Crippen molar-refractivity contribution in [2.24, 2.45) is 0 Å². The second-order valence-electron chi connectivity index (χ2n) is 8.54. The summed E-state index contributed by atoms with van der Waals surface area (Å²) in [6.07, 6.45) is 6.17. The van der Waals surface area contributed by atoms with Crippen molar-refractivity contribution in [3.63, 3.8) is 0 Å². The predicted octanol–water partition coefficient (Wildman–Crippen LogP) is 5.10. The van der Waals surface area contributed by atoms with Crippen molar-refractivity contribution >= 4 is 10.9 Å². The van der Waals surface area contributed by atoms with Gasteiger partial charge in [0.1, 0.15) is 5.82 Å². The molecule has 0 spiro atoms. The Hall–Kier alpha value is -3.25. The number of unbranched alkanes of at least 4 members (excludes halogenated alkanes) is 1. The number of imidazole rings is 1. The molecule has 0 aliphatic carbocycles. The number of para-hydroxylation sites is 2. The van der Waals surface area contributed by atoms with Crippen LogP contribution < -0.4 is 4.74 Å². The summed E-state index contributed by atoms with van der Waals surface area (Å²) in [5.41, 5.74) is 5.56. The van der Waals surface area contributed by atoms with Crippen molar-refractivity contribution in [3.05, 3.63) is 77.0 Å². The van der Waals surface area contributed by atoms with E-state index in [0.717, 1.165) is 67.1 Å². The minimum Gasteiger partial charge on any atom is -0.504 e. The van der Waals surface area contributed by atoms with Gasteiger partial charge in [-0.15, -0.1) is 0 Å². The molecule has 1 unspecified atom stereocenters. The lowest BCUT2D eigenvalue weighted by molar-refractivity contribution is 0.196. The number of aromatic nitrogens is 3. The smallest absolute Gasteiger partial charge is 0.162 e. The van der Waals surface area contributed by atoms with E-state index in [1.54, 1.807) is 13.2 Å². The largest absolute Gasteiger partial charge is 0.504 e. The average Bonchev–Trinajstić information content (AvgIpc) is 3.42. The first kappa shape index (κ1) is 20.6. The van der Waals surface area contributed by atoms with Gasteiger partial charge in [-0.1, -0.05) is 43.7 Å². The number of aromatic amines is 2. The third-order valence-electron chi connectivity index (χ3n) is 6.50. The number of aromatic hydroxyl groups is 1. The van der Waals surface area contributed by atoms with E-state index in [0.29, 0.717) is 5.75 Å². The third-order valence-corrected chi connectivity index (χ3v) is 6.50. The number of nitrogens with one attached hydrogen (secondary N) is 2. The van der Waals surface area contributed by atoms with Gasteiger partial charge in [-0.3, -0.25) is 4.90 Å². The second kappa shape index (κ2) is 8.71. The SMILES string of the molecule is CCCCc1ncc(CN2CCc3c([nH]c4ccccc34)C2c2cccc(OC)c2O)[nH]1. The van der Waals surface area contributed by atoms with Crippen LogP contribution in [0.3, 0.4) is 0 Å². The number of nitrogens with zero attached hydrogens (tertiary/aromatic N) is 2. The van der Waals surface area contributed by atoms with Crippen LogP contribution in [0.5, 0.6) is 11.5 Å². The van der Waals surface area contributed by atoms with Gasteiger partial charge in [0.2, 0.25) is 0 Å². The van der Waals surface area contributed by atoms with Gasteiger partial charge in [0.15, 0.2) is 11.5 Å². The fourth-order valence-corrected chi connectivity index (χ4v) is 4.91. The Bertz CT molecular complexity index is 1230. The number of benzene rings is 2. The molecule has 0 amide bonds. The lowest BCUT2D eigenvalue weighted by Gasteiger charge is -2.36. The highest BCUT2D eigenvalue weighted by Gasteiger charge is 2.34. The number of fused-ring (bicyclic) bond motifs is 3. The van der Waals surface area contributed by atoms with Crippen LogP contribution in [-0.4, -0.2) is 38.6 Å². The van der Waals surface area contributed by atoms with Crippen molar-refractivity contribution in [3.8, 4) is 11.5 Å². The Morgan fingerprint density at radius 1 is 1.16 bits per heavy atom. The number of phenolic OH excluding ortho intramolecular Hbond substituents is 1. The van der Waals surface area contributed by atoms with Gasteiger partial charge in [-0.2, -0.15) is 0 Å². The van der Waals surface area contributed by atoms with Crippen LogP contribution in [-0.2, 0) is 19.4 Å². The van der Waals surface area contributed by atoms with Crippen LogP contribution in [0.1, 0.15) is 54.1 Å². The summed E-state index contributed by atoms with van der Waals surface area (Å²) in [6.45, 7) is 3.81. The molecule has 0 saturated carbocycles. The molecule has 1 aliphatic rings. The number of aryl methyl sites for hydroxylation is 1. The number of H-pyrrole nitrogens is 2. The van der Waals surface area contributed by atoms with E-state index in [9.17, 15) is 5.11 Å². The fraction of sp³-hybridized carbons (Fsp3) is 0.346. The molecule has 3 N–H and O–H groups in total.